The number of anilines is 3. The number of nitrogens with two attached hydrogens (primary N) is 1. The molecule has 0 unspecified atom stereocenters. The van der Waals surface area contributed by atoms with E-state index in [1.807, 2.05) is 0 Å². The van der Waals surface area contributed by atoms with Crippen molar-refractivity contribution >= 4 is 38.7 Å². The van der Waals surface area contributed by atoms with Crippen LogP contribution in [0.2, 0.25) is 0 Å². The van der Waals surface area contributed by atoms with Gasteiger partial charge in [-0.2, -0.15) is 8.42 Å². The molecule has 5 N–H and O–H groups in total. The first-order valence-corrected chi connectivity index (χ1v) is 10.3. The molecule has 3 aromatic rings. The quantitative estimate of drug-likeness (QED) is 0.187. The molecule has 31 heavy (non-hydrogen) atoms. The van der Waals surface area contributed by atoms with Crippen LogP contribution in [0.4, 0.5) is 17.1 Å². The molecule has 0 saturated carbocycles. The van der Waals surface area contributed by atoms with Gasteiger partial charge >= 0.3 is 29.6 Å². The summed E-state index contributed by atoms with van der Waals surface area (Å²) in [6.07, 6.45) is 0. The predicted molar refractivity (Wildman–Crippen MR) is 110 cm³/mol. The van der Waals surface area contributed by atoms with Gasteiger partial charge in [-0.25, -0.2) is 0 Å². The largest absolute Gasteiger partial charge is 1.00 e. The molecule has 4 rings (SSSR count). The number of hydrogen-bond donors (Lipinski definition) is 4. The molecule has 3 aromatic carbocycles. The molecular weight excluding hydrogens is 431 g/mol. The minimum Gasteiger partial charge on any atom is -0.397 e. The Hall–Kier alpha value is -2.53. The van der Waals surface area contributed by atoms with Crippen LogP contribution >= 0.6 is 0 Å². The van der Waals surface area contributed by atoms with Gasteiger partial charge in [-0.15, -0.1) is 0 Å². The van der Waals surface area contributed by atoms with Gasteiger partial charge in [0.05, 0.1) is 29.1 Å². The van der Waals surface area contributed by atoms with Crippen molar-refractivity contribution in [2.45, 2.75) is 11.5 Å². The first kappa shape index (κ1) is 23.1. The number of nitrogen functional groups attached to an aromatic ring is 1. The van der Waals surface area contributed by atoms with Crippen LogP contribution in [0.25, 0.3) is 0 Å². The molecule has 0 amide bonds. The zero-order chi connectivity index (χ0) is 21.6. The molecule has 0 spiro atoms. The number of nitrogens with one attached hydrogen (secondary N) is 1. The van der Waals surface area contributed by atoms with Gasteiger partial charge in [-0.05, 0) is 23.8 Å². The molecule has 1 aliphatic rings. The molecule has 0 aliphatic heterocycles. The van der Waals surface area contributed by atoms with Gasteiger partial charge in [0.2, 0.25) is 0 Å². The standard InChI is InChI=1S/C21H16N2O6S.Na/c22-19-16(30(27,28)29)9-15(23-12-5-3-4-11(8-12)10-24)17-18(19)21(26)14-7-2-1-6-13(14)20(17)25;/h1-9,23-24H,10,22H2,(H,27,28,29);/q;+1. The molecule has 1 aliphatic carbocycles. The van der Waals surface area contributed by atoms with Gasteiger partial charge in [0, 0.05) is 16.8 Å². The smallest absolute Gasteiger partial charge is 0.397 e. The number of ketones is 2. The van der Waals surface area contributed by atoms with Gasteiger partial charge in [-0.3, -0.25) is 14.1 Å². The van der Waals surface area contributed by atoms with Crippen molar-refractivity contribution in [2.75, 3.05) is 11.1 Å². The molecule has 152 valence electrons. The van der Waals surface area contributed by atoms with Crippen LogP contribution in [-0.2, 0) is 16.7 Å². The van der Waals surface area contributed by atoms with Crippen molar-refractivity contribution in [3.63, 3.8) is 0 Å². The summed E-state index contributed by atoms with van der Waals surface area (Å²) in [5.74, 6) is -1.12. The third-order valence-electron chi connectivity index (χ3n) is 4.87. The predicted octanol–water partition coefficient (Wildman–Crippen LogP) is -0.469. The molecule has 8 nitrogen and oxygen atoms in total. The third kappa shape index (κ3) is 4.03. The zero-order valence-electron chi connectivity index (χ0n) is 16.4. The van der Waals surface area contributed by atoms with Crippen molar-refractivity contribution in [3.8, 4) is 0 Å². The van der Waals surface area contributed by atoms with Gasteiger partial charge < -0.3 is 16.2 Å². The van der Waals surface area contributed by atoms with Crippen molar-refractivity contribution < 1.29 is 57.2 Å². The van der Waals surface area contributed by atoms with Gasteiger partial charge in [0.1, 0.15) is 4.90 Å². The zero-order valence-corrected chi connectivity index (χ0v) is 19.2. The van der Waals surface area contributed by atoms with E-state index in [9.17, 15) is 27.7 Å². The molecule has 0 saturated heterocycles. The van der Waals surface area contributed by atoms with Gasteiger partial charge in [-0.1, -0.05) is 36.4 Å². The fraction of sp³-hybridized carbons (Fsp3) is 0.0476. The number of rotatable bonds is 4. The van der Waals surface area contributed by atoms with Crippen molar-refractivity contribution in [1.82, 2.24) is 0 Å². The minimum atomic E-state index is -4.78. The Morgan fingerprint density at radius 2 is 1.52 bits per heavy atom. The van der Waals surface area contributed by atoms with Crippen LogP contribution in [0, 0.1) is 0 Å². The summed E-state index contributed by atoms with van der Waals surface area (Å²) in [6.45, 7) is -0.226. The van der Waals surface area contributed by atoms with Crippen LogP contribution in [0.3, 0.4) is 0 Å². The molecule has 0 heterocycles. The van der Waals surface area contributed by atoms with Crippen molar-refractivity contribution in [1.29, 1.82) is 0 Å². The Balaban J connectivity index is 0.00000272. The Labute approximate surface area is 200 Å². The van der Waals surface area contributed by atoms with Crippen LogP contribution in [0.1, 0.15) is 37.4 Å². The second-order valence-electron chi connectivity index (χ2n) is 6.75. The molecule has 0 fully saturated rings. The monoisotopic (exact) mass is 447 g/mol. The SMILES string of the molecule is Nc1c(S(=O)(=O)O)cc(Nc2cccc(CO)c2)c2c1C(=O)c1ccccc1C2=O.[Na+]. The fourth-order valence-corrected chi connectivity index (χ4v) is 4.16. The number of fused-ring (bicyclic) bond motifs is 2. The maximum atomic E-state index is 13.2. The van der Waals surface area contributed by atoms with Crippen LogP contribution in [-0.4, -0.2) is 29.6 Å². The van der Waals surface area contributed by atoms with E-state index in [0.29, 0.717) is 11.3 Å². The summed E-state index contributed by atoms with van der Waals surface area (Å²) < 4.78 is 33.4. The average molecular weight is 447 g/mol. The maximum absolute atomic E-state index is 13.2. The van der Waals surface area contributed by atoms with E-state index in [1.165, 1.54) is 12.1 Å². The second-order valence-corrected chi connectivity index (χ2v) is 8.14. The first-order chi connectivity index (χ1) is 14.2. The topological polar surface area (TPSA) is 147 Å². The Bertz CT molecular complexity index is 1340. The van der Waals surface area contributed by atoms with E-state index in [4.69, 9.17) is 5.73 Å². The van der Waals surface area contributed by atoms with E-state index >= 15 is 0 Å². The number of carbonyl (C=O) groups excluding carboxylic acids is 2. The van der Waals surface area contributed by atoms with Crippen LogP contribution in [0.15, 0.2) is 59.5 Å². The summed E-state index contributed by atoms with van der Waals surface area (Å²) in [7, 11) is -4.78. The summed E-state index contributed by atoms with van der Waals surface area (Å²) in [6, 6.07) is 13.7. The second kappa shape index (κ2) is 8.54. The van der Waals surface area contributed by atoms with Gasteiger partial charge in [0.15, 0.2) is 11.6 Å². The maximum Gasteiger partial charge on any atom is 1.00 e. The number of carbonyl (C=O) groups is 2. The van der Waals surface area contributed by atoms with Gasteiger partial charge in [0.25, 0.3) is 10.1 Å². The fourth-order valence-electron chi connectivity index (χ4n) is 3.51. The number of hydrogen-bond acceptors (Lipinski definition) is 7. The van der Waals surface area contributed by atoms with E-state index in [2.05, 4.69) is 5.32 Å². The molecule has 0 bridgehead atoms. The number of aliphatic hydroxyl groups is 1. The Morgan fingerprint density at radius 3 is 2.10 bits per heavy atom. The van der Waals surface area contributed by atoms with E-state index in [-0.39, 0.29) is 64.1 Å². The summed E-state index contributed by atoms with van der Waals surface area (Å²) in [5, 5.41) is 12.3. The van der Waals surface area contributed by atoms with E-state index in [1.54, 1.807) is 36.4 Å². The normalized spacial score (nSPS) is 12.6. The number of benzene rings is 3. The van der Waals surface area contributed by atoms with E-state index < -0.39 is 32.3 Å². The van der Waals surface area contributed by atoms with Crippen molar-refractivity contribution in [2.24, 2.45) is 0 Å². The third-order valence-corrected chi connectivity index (χ3v) is 5.76. The summed E-state index contributed by atoms with van der Waals surface area (Å²) in [4.78, 5) is 25.6. The summed E-state index contributed by atoms with van der Waals surface area (Å²) >= 11 is 0. The summed E-state index contributed by atoms with van der Waals surface area (Å²) in [5.41, 5.74) is 6.35. The van der Waals surface area contributed by atoms with E-state index in [0.717, 1.165) is 6.07 Å². The van der Waals surface area contributed by atoms with Crippen LogP contribution < -0.4 is 40.6 Å². The molecule has 0 radical (unpaired) electrons. The Kier molecular flexibility index (Phi) is 6.38. The molecule has 10 heteroatoms. The average Bonchev–Trinajstić information content (AvgIpc) is 2.72. The molecular formula is C21H16N2NaO6S+. The molecule has 0 atom stereocenters. The Morgan fingerprint density at radius 1 is 0.903 bits per heavy atom. The minimum absolute atomic E-state index is 0. The number of aliphatic hydroxyl groups excluding tert-OH is 1. The molecule has 0 aromatic heterocycles. The van der Waals surface area contributed by atoms with Crippen LogP contribution in [0.5, 0.6) is 0 Å². The van der Waals surface area contributed by atoms with Crippen molar-refractivity contribution in [3.05, 3.63) is 82.4 Å². The first-order valence-electron chi connectivity index (χ1n) is 8.81.